The molecule has 1 fully saturated rings. The lowest BCUT2D eigenvalue weighted by atomic mass is 9.78. The van der Waals surface area contributed by atoms with Gasteiger partial charge in [0.15, 0.2) is 5.75 Å². The van der Waals surface area contributed by atoms with Crippen LogP contribution in [0.15, 0.2) is 42.5 Å². The minimum atomic E-state index is -4.46. The maximum absolute atomic E-state index is 13.3. The molecule has 0 unspecified atom stereocenters. The van der Waals surface area contributed by atoms with Gasteiger partial charge in [0.25, 0.3) is 5.69 Å². The Morgan fingerprint density at radius 2 is 1.52 bits per heavy atom. The Balaban J connectivity index is 1.92. The maximum Gasteiger partial charge on any atom is 0.409 e. The standard InChI is InChI=1S/C24H30N2O6S/c1-16(2)20-8-7-9-21(17(3)4)22(20)32-33(30,31)25-23(27)24(14-5-6-15-24)18-10-12-19(13-11-18)26(28)29/h7-13,16-17H,5-6,14-15H2,1-4H3,(H,25,27). The Morgan fingerprint density at radius 3 is 1.97 bits per heavy atom. The summed E-state index contributed by atoms with van der Waals surface area (Å²) >= 11 is 0. The number of benzene rings is 2. The lowest BCUT2D eigenvalue weighted by Gasteiger charge is -2.28. The summed E-state index contributed by atoms with van der Waals surface area (Å²) in [7, 11) is -4.46. The highest BCUT2D eigenvalue weighted by molar-refractivity contribution is 7.85. The number of para-hydroxylation sites is 1. The molecule has 0 spiro atoms. The Bertz CT molecular complexity index is 1110. The van der Waals surface area contributed by atoms with Crippen molar-refractivity contribution in [2.75, 3.05) is 0 Å². The van der Waals surface area contributed by atoms with Crippen molar-refractivity contribution < 1.29 is 22.3 Å². The van der Waals surface area contributed by atoms with E-state index in [1.54, 1.807) is 0 Å². The molecule has 1 amide bonds. The molecular formula is C24H30N2O6S. The lowest BCUT2D eigenvalue weighted by Crippen LogP contribution is -2.46. The number of carbonyl (C=O) groups is 1. The fourth-order valence-electron chi connectivity index (χ4n) is 4.45. The number of amides is 1. The first kappa shape index (κ1) is 24.7. The van der Waals surface area contributed by atoms with Gasteiger partial charge in [-0.05, 0) is 41.4 Å². The van der Waals surface area contributed by atoms with Crippen molar-refractivity contribution in [3.8, 4) is 5.75 Å². The van der Waals surface area contributed by atoms with Gasteiger partial charge < -0.3 is 4.18 Å². The molecule has 2 aromatic carbocycles. The fourth-order valence-corrected chi connectivity index (χ4v) is 5.32. The molecule has 9 heteroatoms. The first-order valence-corrected chi connectivity index (χ1v) is 12.5. The van der Waals surface area contributed by atoms with E-state index in [0.717, 1.165) is 24.0 Å². The minimum Gasteiger partial charge on any atom is -0.366 e. The second-order valence-corrected chi connectivity index (χ2v) is 10.4. The van der Waals surface area contributed by atoms with Crippen LogP contribution in [0.5, 0.6) is 5.75 Å². The van der Waals surface area contributed by atoms with Crippen molar-refractivity contribution in [1.82, 2.24) is 4.72 Å². The molecule has 0 aromatic heterocycles. The molecule has 3 rings (SSSR count). The molecule has 2 aromatic rings. The Morgan fingerprint density at radius 1 is 1.00 bits per heavy atom. The smallest absolute Gasteiger partial charge is 0.366 e. The average Bonchev–Trinajstić information content (AvgIpc) is 3.24. The summed E-state index contributed by atoms with van der Waals surface area (Å²) in [5.41, 5.74) is 0.873. The number of hydrogen-bond donors (Lipinski definition) is 1. The van der Waals surface area contributed by atoms with E-state index in [1.807, 2.05) is 45.9 Å². The normalized spacial score (nSPS) is 15.6. The Labute approximate surface area is 194 Å². The molecule has 1 saturated carbocycles. The number of nitrogens with zero attached hydrogens (tertiary/aromatic N) is 1. The summed E-state index contributed by atoms with van der Waals surface area (Å²) in [6.07, 6.45) is 2.40. The summed E-state index contributed by atoms with van der Waals surface area (Å²) < 4.78 is 33.6. The van der Waals surface area contributed by atoms with Crippen LogP contribution in [0.4, 0.5) is 5.69 Å². The molecule has 1 aliphatic carbocycles. The third kappa shape index (κ3) is 5.19. The number of non-ortho nitro benzene ring substituents is 1. The van der Waals surface area contributed by atoms with E-state index in [-0.39, 0.29) is 23.3 Å². The third-order valence-corrected chi connectivity index (χ3v) is 7.07. The highest BCUT2D eigenvalue weighted by atomic mass is 32.2. The van der Waals surface area contributed by atoms with E-state index in [2.05, 4.69) is 4.72 Å². The van der Waals surface area contributed by atoms with Gasteiger partial charge in [0.05, 0.1) is 10.3 Å². The van der Waals surface area contributed by atoms with Crippen molar-refractivity contribution in [2.45, 2.75) is 70.6 Å². The van der Waals surface area contributed by atoms with Gasteiger partial charge in [-0.2, -0.15) is 8.42 Å². The number of nitrogens with one attached hydrogen (secondary N) is 1. The molecule has 0 aliphatic heterocycles. The second kappa shape index (κ2) is 9.51. The van der Waals surface area contributed by atoms with Gasteiger partial charge in [-0.1, -0.05) is 70.9 Å². The van der Waals surface area contributed by atoms with Gasteiger partial charge in [0, 0.05) is 12.1 Å². The number of rotatable bonds is 8. The van der Waals surface area contributed by atoms with Gasteiger partial charge in [-0.25, -0.2) is 4.72 Å². The molecule has 178 valence electrons. The number of carbonyl (C=O) groups excluding carboxylic acids is 1. The summed E-state index contributed by atoms with van der Waals surface area (Å²) in [6.45, 7) is 7.78. The van der Waals surface area contributed by atoms with Gasteiger partial charge in [0.2, 0.25) is 5.91 Å². The number of nitro groups is 1. The quantitative estimate of drug-likeness (QED) is 0.421. The SMILES string of the molecule is CC(C)c1cccc(C(C)C)c1OS(=O)(=O)NC(=O)C1(c2ccc([N+](=O)[O-])cc2)CCCC1. The van der Waals surface area contributed by atoms with E-state index >= 15 is 0 Å². The summed E-state index contributed by atoms with van der Waals surface area (Å²) in [5, 5.41) is 11.0. The molecule has 0 saturated heterocycles. The number of hydrogen-bond acceptors (Lipinski definition) is 6. The molecule has 0 radical (unpaired) electrons. The second-order valence-electron chi connectivity index (χ2n) is 9.14. The van der Waals surface area contributed by atoms with Crippen molar-refractivity contribution in [3.05, 3.63) is 69.3 Å². The van der Waals surface area contributed by atoms with Crippen molar-refractivity contribution in [2.24, 2.45) is 0 Å². The van der Waals surface area contributed by atoms with Crippen molar-refractivity contribution in [1.29, 1.82) is 0 Å². The predicted molar refractivity (Wildman–Crippen MR) is 126 cm³/mol. The molecule has 1 N–H and O–H groups in total. The molecule has 0 bridgehead atoms. The first-order chi connectivity index (χ1) is 15.5. The molecule has 33 heavy (non-hydrogen) atoms. The van der Waals surface area contributed by atoms with Crippen LogP contribution in [0.25, 0.3) is 0 Å². The van der Waals surface area contributed by atoms with Crippen LogP contribution in [-0.2, 0) is 20.5 Å². The molecule has 0 atom stereocenters. The zero-order chi connectivity index (χ0) is 24.4. The van der Waals surface area contributed by atoms with Crippen molar-refractivity contribution in [3.63, 3.8) is 0 Å². The lowest BCUT2D eigenvalue weighted by molar-refractivity contribution is -0.384. The summed E-state index contributed by atoms with van der Waals surface area (Å²) in [6, 6.07) is 11.2. The van der Waals surface area contributed by atoms with E-state index in [4.69, 9.17) is 4.18 Å². The molecule has 8 nitrogen and oxygen atoms in total. The van der Waals surface area contributed by atoms with Gasteiger partial charge in [-0.3, -0.25) is 14.9 Å². The van der Waals surface area contributed by atoms with E-state index < -0.39 is 26.5 Å². The van der Waals surface area contributed by atoms with Gasteiger partial charge >= 0.3 is 10.3 Å². The Kier molecular flexibility index (Phi) is 7.11. The van der Waals surface area contributed by atoms with Crippen molar-refractivity contribution >= 4 is 21.9 Å². The van der Waals surface area contributed by atoms with Crippen LogP contribution < -0.4 is 8.91 Å². The van der Waals surface area contributed by atoms with E-state index in [1.165, 1.54) is 24.3 Å². The maximum atomic E-state index is 13.3. The molecule has 0 heterocycles. The van der Waals surface area contributed by atoms with Crippen LogP contribution in [-0.4, -0.2) is 19.2 Å². The highest BCUT2D eigenvalue weighted by Gasteiger charge is 2.44. The largest absolute Gasteiger partial charge is 0.409 e. The molecule has 1 aliphatic rings. The minimum absolute atomic E-state index is 0.0193. The van der Waals surface area contributed by atoms with Crippen LogP contribution in [0.3, 0.4) is 0 Å². The average molecular weight is 475 g/mol. The first-order valence-electron chi connectivity index (χ1n) is 11.1. The zero-order valence-corrected chi connectivity index (χ0v) is 20.1. The van der Waals surface area contributed by atoms with E-state index in [9.17, 15) is 23.3 Å². The topological polar surface area (TPSA) is 116 Å². The van der Waals surface area contributed by atoms with Crippen LogP contribution in [0, 0.1) is 10.1 Å². The van der Waals surface area contributed by atoms with E-state index in [0.29, 0.717) is 18.4 Å². The Hall–Kier alpha value is -2.94. The number of nitro benzene ring substituents is 1. The van der Waals surface area contributed by atoms with Crippen LogP contribution >= 0.6 is 0 Å². The van der Waals surface area contributed by atoms with Gasteiger partial charge in [0.1, 0.15) is 0 Å². The van der Waals surface area contributed by atoms with Crippen LogP contribution in [0.1, 0.15) is 81.9 Å². The third-order valence-electron chi connectivity index (χ3n) is 6.25. The fraction of sp³-hybridized carbons (Fsp3) is 0.458. The summed E-state index contributed by atoms with van der Waals surface area (Å²) in [4.78, 5) is 23.8. The monoisotopic (exact) mass is 474 g/mol. The highest BCUT2D eigenvalue weighted by Crippen LogP contribution is 2.42. The van der Waals surface area contributed by atoms with Crippen LogP contribution in [0.2, 0.25) is 0 Å². The zero-order valence-electron chi connectivity index (χ0n) is 19.3. The molecular weight excluding hydrogens is 444 g/mol. The van der Waals surface area contributed by atoms with Gasteiger partial charge in [-0.15, -0.1) is 0 Å². The predicted octanol–water partition coefficient (Wildman–Crippen LogP) is 5.09. The summed E-state index contributed by atoms with van der Waals surface area (Å²) in [5.74, 6) is -0.391.